The fraction of sp³-hybridized carbons (Fsp3) is 0.529. The molecular weight excluding hydrogens is 294 g/mol. The van der Waals surface area contributed by atoms with Crippen molar-refractivity contribution in [3.05, 3.63) is 29.8 Å². The highest BCUT2D eigenvalue weighted by Crippen LogP contribution is 2.17. The Balaban J connectivity index is 1.62. The van der Waals surface area contributed by atoms with Crippen molar-refractivity contribution in [1.82, 2.24) is 15.1 Å². The Labute approximate surface area is 137 Å². The van der Waals surface area contributed by atoms with Crippen LogP contribution in [0.2, 0.25) is 0 Å². The molecule has 1 aromatic rings. The molecule has 0 unspecified atom stereocenters. The van der Waals surface area contributed by atoms with E-state index < -0.39 is 0 Å². The van der Waals surface area contributed by atoms with Crippen molar-refractivity contribution in [2.75, 3.05) is 46.4 Å². The molecule has 1 heterocycles. The van der Waals surface area contributed by atoms with E-state index in [-0.39, 0.29) is 5.91 Å². The average molecular weight is 319 g/mol. The first kappa shape index (κ1) is 17.3. The Bertz CT molecular complexity index is 514. The van der Waals surface area contributed by atoms with Crippen molar-refractivity contribution in [3.8, 4) is 5.75 Å². The lowest BCUT2D eigenvalue weighted by molar-refractivity contribution is -0.135. The Morgan fingerprint density at radius 1 is 1.22 bits per heavy atom. The largest absolute Gasteiger partial charge is 0.496 e. The molecule has 1 saturated heterocycles. The van der Waals surface area contributed by atoms with Crippen LogP contribution < -0.4 is 10.1 Å². The minimum Gasteiger partial charge on any atom is -0.496 e. The topological polar surface area (TPSA) is 61.9 Å². The summed E-state index contributed by atoms with van der Waals surface area (Å²) in [6.45, 7) is 4.03. The quantitative estimate of drug-likeness (QED) is 0.560. The van der Waals surface area contributed by atoms with Crippen LogP contribution in [0.1, 0.15) is 12.0 Å². The number of rotatable bonds is 8. The molecule has 2 rings (SSSR count). The number of amides is 2. The van der Waals surface area contributed by atoms with Crippen LogP contribution in [-0.4, -0.2) is 68.5 Å². The molecule has 6 heteroatoms. The number of benzene rings is 1. The number of hydrogen-bond acceptors (Lipinski definition) is 4. The summed E-state index contributed by atoms with van der Waals surface area (Å²) >= 11 is 0. The Morgan fingerprint density at radius 2 is 1.96 bits per heavy atom. The van der Waals surface area contributed by atoms with Gasteiger partial charge in [0.05, 0.1) is 7.11 Å². The van der Waals surface area contributed by atoms with Gasteiger partial charge in [0.2, 0.25) is 12.3 Å². The highest BCUT2D eigenvalue weighted by atomic mass is 16.5. The lowest BCUT2D eigenvalue weighted by Gasteiger charge is -2.32. The average Bonchev–Trinajstić information content (AvgIpc) is 2.61. The van der Waals surface area contributed by atoms with Crippen LogP contribution >= 0.6 is 0 Å². The maximum atomic E-state index is 12.1. The third-order valence-corrected chi connectivity index (χ3v) is 4.10. The highest BCUT2D eigenvalue weighted by Gasteiger charge is 2.19. The molecule has 1 aliphatic rings. The number of hydrogen-bond donors (Lipinski definition) is 1. The molecule has 1 fully saturated rings. The number of nitrogens with one attached hydrogen (secondary N) is 1. The van der Waals surface area contributed by atoms with E-state index in [1.54, 1.807) is 12.0 Å². The SMILES string of the molecule is COc1ccccc1CCNCCC(=O)N1CCN(C=O)CC1. The van der Waals surface area contributed by atoms with E-state index in [1.807, 2.05) is 23.1 Å². The zero-order valence-corrected chi connectivity index (χ0v) is 13.7. The molecule has 2 amide bonds. The Hall–Kier alpha value is -2.08. The van der Waals surface area contributed by atoms with Gasteiger partial charge in [-0.25, -0.2) is 0 Å². The maximum Gasteiger partial charge on any atom is 0.223 e. The molecule has 126 valence electrons. The molecule has 0 radical (unpaired) electrons. The van der Waals surface area contributed by atoms with Crippen LogP contribution in [0.3, 0.4) is 0 Å². The molecule has 0 atom stereocenters. The summed E-state index contributed by atoms with van der Waals surface area (Å²) in [5, 5.41) is 3.31. The second kappa shape index (κ2) is 9.15. The first-order valence-corrected chi connectivity index (χ1v) is 8.04. The second-order valence-electron chi connectivity index (χ2n) is 5.58. The number of ether oxygens (including phenoxy) is 1. The predicted octanol–water partition coefficient (Wildman–Crippen LogP) is 0.518. The van der Waals surface area contributed by atoms with Crippen molar-refractivity contribution in [3.63, 3.8) is 0 Å². The van der Waals surface area contributed by atoms with Gasteiger partial charge >= 0.3 is 0 Å². The van der Waals surface area contributed by atoms with Gasteiger partial charge in [0.1, 0.15) is 5.75 Å². The minimum atomic E-state index is 0.153. The Morgan fingerprint density at radius 3 is 2.65 bits per heavy atom. The fourth-order valence-electron chi connectivity index (χ4n) is 2.69. The standard InChI is InChI=1S/C17H25N3O3/c1-23-16-5-3-2-4-15(16)6-8-18-9-7-17(22)20-12-10-19(14-21)11-13-20/h2-5,14,18H,6-13H2,1H3. The molecule has 1 N–H and O–H groups in total. The lowest BCUT2D eigenvalue weighted by atomic mass is 10.1. The number of carbonyl (C=O) groups is 2. The molecule has 6 nitrogen and oxygen atoms in total. The summed E-state index contributed by atoms with van der Waals surface area (Å²) in [6, 6.07) is 7.97. The van der Waals surface area contributed by atoms with Crippen LogP contribution in [0.15, 0.2) is 24.3 Å². The van der Waals surface area contributed by atoms with Crippen molar-refractivity contribution in [2.24, 2.45) is 0 Å². The molecular formula is C17H25N3O3. The first-order valence-electron chi connectivity index (χ1n) is 8.04. The number of piperazine rings is 1. The molecule has 1 aliphatic heterocycles. The number of para-hydroxylation sites is 1. The summed E-state index contributed by atoms with van der Waals surface area (Å²) in [6.07, 6.45) is 2.21. The van der Waals surface area contributed by atoms with Gasteiger partial charge in [-0.3, -0.25) is 9.59 Å². The van der Waals surface area contributed by atoms with E-state index in [9.17, 15) is 9.59 Å². The number of methoxy groups -OCH3 is 1. The van der Waals surface area contributed by atoms with E-state index >= 15 is 0 Å². The normalized spacial score (nSPS) is 14.7. The molecule has 0 aromatic heterocycles. The van der Waals surface area contributed by atoms with E-state index in [0.29, 0.717) is 39.1 Å². The van der Waals surface area contributed by atoms with Gasteiger partial charge < -0.3 is 19.9 Å². The smallest absolute Gasteiger partial charge is 0.223 e. The van der Waals surface area contributed by atoms with Crippen LogP contribution in [0.4, 0.5) is 0 Å². The van der Waals surface area contributed by atoms with Crippen LogP contribution in [0, 0.1) is 0 Å². The summed E-state index contributed by atoms with van der Waals surface area (Å²) in [4.78, 5) is 26.3. The van der Waals surface area contributed by atoms with E-state index in [4.69, 9.17) is 4.74 Å². The van der Waals surface area contributed by atoms with E-state index in [0.717, 1.165) is 25.1 Å². The molecule has 0 spiro atoms. The highest BCUT2D eigenvalue weighted by molar-refractivity contribution is 5.76. The third-order valence-electron chi connectivity index (χ3n) is 4.10. The summed E-state index contributed by atoms with van der Waals surface area (Å²) in [5.41, 5.74) is 1.17. The number of carbonyl (C=O) groups excluding carboxylic acids is 2. The molecule has 0 saturated carbocycles. The van der Waals surface area contributed by atoms with Crippen molar-refractivity contribution in [1.29, 1.82) is 0 Å². The maximum absolute atomic E-state index is 12.1. The van der Waals surface area contributed by atoms with Gasteiger partial charge in [-0.05, 0) is 24.6 Å². The molecule has 1 aromatic carbocycles. The van der Waals surface area contributed by atoms with Gasteiger partial charge in [-0.1, -0.05) is 18.2 Å². The monoisotopic (exact) mass is 319 g/mol. The summed E-state index contributed by atoms with van der Waals surface area (Å²) < 4.78 is 5.32. The van der Waals surface area contributed by atoms with Gasteiger partial charge in [0.25, 0.3) is 0 Å². The van der Waals surface area contributed by atoms with Crippen molar-refractivity contribution < 1.29 is 14.3 Å². The van der Waals surface area contributed by atoms with Crippen molar-refractivity contribution in [2.45, 2.75) is 12.8 Å². The van der Waals surface area contributed by atoms with Gasteiger partial charge in [-0.2, -0.15) is 0 Å². The number of nitrogens with zero attached hydrogens (tertiary/aromatic N) is 2. The predicted molar refractivity (Wildman–Crippen MR) is 88.4 cm³/mol. The van der Waals surface area contributed by atoms with E-state index in [2.05, 4.69) is 11.4 Å². The third kappa shape index (κ3) is 5.25. The lowest BCUT2D eigenvalue weighted by Crippen LogP contribution is -2.48. The first-order chi connectivity index (χ1) is 11.2. The van der Waals surface area contributed by atoms with E-state index in [1.165, 1.54) is 5.56 Å². The zero-order chi connectivity index (χ0) is 16.5. The van der Waals surface area contributed by atoms with Crippen LogP contribution in [0.5, 0.6) is 5.75 Å². The second-order valence-corrected chi connectivity index (χ2v) is 5.58. The molecule has 0 aliphatic carbocycles. The van der Waals surface area contributed by atoms with Crippen LogP contribution in [-0.2, 0) is 16.0 Å². The minimum absolute atomic E-state index is 0.153. The van der Waals surface area contributed by atoms with Gasteiger partial charge in [0, 0.05) is 39.1 Å². The molecule has 0 bridgehead atoms. The van der Waals surface area contributed by atoms with Gasteiger partial charge in [-0.15, -0.1) is 0 Å². The summed E-state index contributed by atoms with van der Waals surface area (Å²) in [5.74, 6) is 1.05. The van der Waals surface area contributed by atoms with Crippen molar-refractivity contribution >= 4 is 12.3 Å². The zero-order valence-electron chi connectivity index (χ0n) is 13.7. The van der Waals surface area contributed by atoms with Gasteiger partial charge in [0.15, 0.2) is 0 Å². The summed E-state index contributed by atoms with van der Waals surface area (Å²) in [7, 11) is 1.68. The fourth-order valence-corrected chi connectivity index (χ4v) is 2.69. The molecule has 23 heavy (non-hydrogen) atoms. The Kier molecular flexibility index (Phi) is 6.87. The van der Waals surface area contributed by atoms with Crippen LogP contribution in [0.25, 0.3) is 0 Å².